The molecule has 0 heterocycles. The van der Waals surface area contributed by atoms with E-state index < -0.39 is 0 Å². The summed E-state index contributed by atoms with van der Waals surface area (Å²) in [6, 6.07) is 31.5. The summed E-state index contributed by atoms with van der Waals surface area (Å²) in [5, 5.41) is 38.2. The van der Waals surface area contributed by atoms with Gasteiger partial charge < -0.3 is 21.5 Å². The van der Waals surface area contributed by atoms with Crippen molar-refractivity contribution in [3.8, 4) is 24.3 Å². The minimum absolute atomic E-state index is 0.0148. The molecule has 4 aliphatic rings. The van der Waals surface area contributed by atoms with Gasteiger partial charge in [-0.25, -0.2) is 0 Å². The highest BCUT2D eigenvalue weighted by molar-refractivity contribution is 6.01. The molecule has 0 saturated carbocycles. The minimum Gasteiger partial charge on any atom is -0.375 e. The van der Waals surface area contributed by atoms with Crippen molar-refractivity contribution in [2.24, 2.45) is 11.5 Å². The molecular weight excluding hydrogens is 663 g/mol. The van der Waals surface area contributed by atoms with Crippen LogP contribution in [0.5, 0.6) is 0 Å². The number of hydrogen-bond donors (Lipinski definition) is 3. The van der Waals surface area contributed by atoms with Crippen LogP contribution in [0.15, 0.2) is 72.8 Å². The maximum atomic E-state index is 11.5. The molecule has 0 spiro atoms. The van der Waals surface area contributed by atoms with Crippen LogP contribution >= 0.6 is 0 Å². The molecule has 10 heteroatoms. The molecule has 0 saturated heterocycles. The largest absolute Gasteiger partial charge is 0.375 e. The lowest BCUT2D eigenvalue weighted by molar-refractivity contribution is -0.125. The smallest absolute Gasteiger partial charge is 0.246 e. The number of nitrogens with zero attached hydrogens (tertiary/aromatic N) is 4. The van der Waals surface area contributed by atoms with Gasteiger partial charge in [0.2, 0.25) is 5.91 Å². The van der Waals surface area contributed by atoms with Gasteiger partial charge in [0.1, 0.15) is 6.61 Å². The number of Topliss-reactive ketones (excluding diaryl/α,β-unsaturated/α-hetero) is 1. The summed E-state index contributed by atoms with van der Waals surface area (Å²) in [6.45, 7) is 0.0732. The lowest BCUT2D eigenvalue weighted by atomic mass is 10.0. The second-order valence-electron chi connectivity index (χ2n) is 13.2. The molecule has 8 rings (SSSR count). The fraction of sp³-hybridized carbons (Fsp3) is 0.302. The zero-order valence-electron chi connectivity index (χ0n) is 29.7. The quantitative estimate of drug-likeness (QED) is 0.229. The van der Waals surface area contributed by atoms with Crippen LogP contribution in [-0.4, -0.2) is 25.4 Å². The third-order valence-corrected chi connectivity index (χ3v) is 10.1. The van der Waals surface area contributed by atoms with Crippen molar-refractivity contribution >= 4 is 11.7 Å². The zero-order chi connectivity index (χ0) is 37.9. The van der Waals surface area contributed by atoms with E-state index in [9.17, 15) is 9.59 Å². The van der Waals surface area contributed by atoms with Crippen molar-refractivity contribution in [2.75, 3.05) is 13.7 Å². The molecule has 266 valence electrons. The standard InChI is InChI=1S/C13H14N2O2.2C10H10N2.C10H7NO/c1-17-8-13(16)15-12-6-5-10-9(7-14)3-2-4-11(10)12;3*11-6-7-2-1-3-9-8(7)4-5-10(9)12/h2-4,12H,5-6,8H2,1H3,(H,15,16);2*1-3,10H,4-5,12H2;1-3H,4-5H2/t12-;10-;;/m10../s1. The lowest BCUT2D eigenvalue weighted by Crippen LogP contribution is -2.30. The summed E-state index contributed by atoms with van der Waals surface area (Å²) in [4.78, 5) is 22.7. The van der Waals surface area contributed by atoms with Crippen LogP contribution in [0.3, 0.4) is 0 Å². The number of fused-ring (bicyclic) bond motifs is 4. The molecule has 0 aromatic heterocycles. The number of amides is 1. The maximum Gasteiger partial charge on any atom is 0.246 e. The van der Waals surface area contributed by atoms with E-state index in [1.54, 1.807) is 18.2 Å². The second kappa shape index (κ2) is 17.9. The Labute approximate surface area is 310 Å². The van der Waals surface area contributed by atoms with E-state index in [2.05, 4.69) is 29.6 Å². The first-order valence-corrected chi connectivity index (χ1v) is 17.6. The number of carbonyl (C=O) groups is 2. The van der Waals surface area contributed by atoms with Crippen LogP contribution in [-0.2, 0) is 35.2 Å². The molecule has 4 aliphatic carbocycles. The Morgan fingerprint density at radius 1 is 0.642 bits per heavy atom. The first-order valence-electron chi connectivity index (χ1n) is 17.6. The van der Waals surface area contributed by atoms with Crippen LogP contribution in [0, 0.1) is 45.3 Å². The Morgan fingerprint density at radius 2 is 1.08 bits per heavy atom. The fourth-order valence-electron chi connectivity index (χ4n) is 7.45. The molecule has 4 aromatic carbocycles. The Morgan fingerprint density at radius 3 is 1.57 bits per heavy atom. The zero-order valence-corrected chi connectivity index (χ0v) is 29.7. The average molecular weight is 704 g/mol. The van der Waals surface area contributed by atoms with Gasteiger partial charge in [0.05, 0.1) is 52.6 Å². The average Bonchev–Trinajstić information content (AvgIpc) is 3.98. The Hall–Kier alpha value is -6.14. The van der Waals surface area contributed by atoms with Crippen molar-refractivity contribution in [1.82, 2.24) is 5.32 Å². The molecule has 53 heavy (non-hydrogen) atoms. The van der Waals surface area contributed by atoms with Gasteiger partial charge in [0.25, 0.3) is 0 Å². The van der Waals surface area contributed by atoms with Crippen molar-refractivity contribution in [1.29, 1.82) is 21.0 Å². The molecule has 3 atom stereocenters. The third-order valence-electron chi connectivity index (χ3n) is 10.1. The van der Waals surface area contributed by atoms with Gasteiger partial charge in [-0.2, -0.15) is 21.0 Å². The number of ketones is 1. The van der Waals surface area contributed by atoms with E-state index in [1.807, 2.05) is 54.6 Å². The highest BCUT2D eigenvalue weighted by atomic mass is 16.5. The van der Waals surface area contributed by atoms with Gasteiger partial charge in [-0.05, 0) is 108 Å². The number of nitrogens with one attached hydrogen (secondary N) is 1. The van der Waals surface area contributed by atoms with Crippen LogP contribution in [0.25, 0.3) is 0 Å². The van der Waals surface area contributed by atoms with Crippen molar-refractivity contribution in [3.05, 3.63) is 140 Å². The molecule has 0 fully saturated rings. The lowest BCUT2D eigenvalue weighted by Gasteiger charge is -2.13. The van der Waals surface area contributed by atoms with Gasteiger partial charge in [-0.15, -0.1) is 0 Å². The Kier molecular flexibility index (Phi) is 12.8. The minimum atomic E-state index is -0.118. The number of benzene rings is 4. The number of nitrogens with two attached hydrogens (primary N) is 2. The van der Waals surface area contributed by atoms with Gasteiger partial charge in [0, 0.05) is 31.2 Å². The maximum absolute atomic E-state index is 11.5. The van der Waals surface area contributed by atoms with Crippen molar-refractivity contribution in [3.63, 3.8) is 0 Å². The predicted molar refractivity (Wildman–Crippen MR) is 199 cm³/mol. The molecule has 10 nitrogen and oxygen atoms in total. The monoisotopic (exact) mass is 703 g/mol. The first kappa shape index (κ1) is 38.1. The van der Waals surface area contributed by atoms with Gasteiger partial charge in [-0.3, -0.25) is 9.59 Å². The summed E-state index contributed by atoms with van der Waals surface area (Å²) in [5.41, 5.74) is 23.1. The second-order valence-corrected chi connectivity index (χ2v) is 13.2. The summed E-state index contributed by atoms with van der Waals surface area (Å²) >= 11 is 0. The predicted octanol–water partition coefficient (Wildman–Crippen LogP) is 6.00. The van der Waals surface area contributed by atoms with E-state index in [-0.39, 0.29) is 36.4 Å². The van der Waals surface area contributed by atoms with Crippen molar-refractivity contribution in [2.45, 2.75) is 69.5 Å². The topological polar surface area (TPSA) is 203 Å². The highest BCUT2D eigenvalue weighted by Crippen LogP contribution is 2.34. The molecular formula is C43H41N7O3. The number of ether oxygens (including phenoxy) is 1. The number of hydrogen-bond acceptors (Lipinski definition) is 9. The summed E-state index contributed by atoms with van der Waals surface area (Å²) < 4.78 is 4.78. The van der Waals surface area contributed by atoms with Crippen LogP contribution in [0.1, 0.15) is 115 Å². The highest BCUT2D eigenvalue weighted by Gasteiger charge is 2.26. The molecule has 0 bridgehead atoms. The van der Waals surface area contributed by atoms with E-state index in [4.69, 9.17) is 37.3 Å². The van der Waals surface area contributed by atoms with E-state index >= 15 is 0 Å². The van der Waals surface area contributed by atoms with Crippen molar-refractivity contribution < 1.29 is 14.3 Å². The molecule has 5 N–H and O–H groups in total. The normalized spacial score (nSPS) is 17.9. The summed E-state index contributed by atoms with van der Waals surface area (Å²) in [5.74, 6) is 0.0508. The van der Waals surface area contributed by atoms with E-state index in [1.165, 1.54) is 7.11 Å². The summed E-state index contributed by atoms with van der Waals surface area (Å²) in [7, 11) is 1.50. The van der Waals surface area contributed by atoms with Gasteiger partial charge in [-0.1, -0.05) is 48.5 Å². The first-order chi connectivity index (χ1) is 25.7. The summed E-state index contributed by atoms with van der Waals surface area (Å²) in [6.07, 6.45) is 6.87. The number of methoxy groups -OCH3 is 1. The number of carbonyl (C=O) groups excluding carboxylic acids is 2. The Bertz CT molecular complexity index is 2110. The Balaban J connectivity index is 0.000000138. The third kappa shape index (κ3) is 8.67. The van der Waals surface area contributed by atoms with Crippen LogP contribution in [0.4, 0.5) is 0 Å². The molecule has 0 radical (unpaired) electrons. The van der Waals surface area contributed by atoms with Gasteiger partial charge in [0.15, 0.2) is 5.78 Å². The molecule has 1 unspecified atom stereocenters. The van der Waals surface area contributed by atoms with Crippen LogP contribution in [0.2, 0.25) is 0 Å². The number of nitriles is 4. The molecule has 1 amide bonds. The molecule has 4 aromatic rings. The fourth-order valence-corrected chi connectivity index (χ4v) is 7.45. The van der Waals surface area contributed by atoms with E-state index in [0.29, 0.717) is 17.5 Å². The van der Waals surface area contributed by atoms with Gasteiger partial charge >= 0.3 is 0 Å². The van der Waals surface area contributed by atoms with Crippen LogP contribution < -0.4 is 16.8 Å². The van der Waals surface area contributed by atoms with E-state index in [0.717, 1.165) is 101 Å². The SMILES string of the molecule is COCC(=O)N[C@@H]1CCc2c(C#N)cccc21.N#Cc1cccc2c1CCC2=O.N#Cc1cccc2c1CCC2N.N#Cc1cccc2c1CC[C@@H]2N. The number of rotatable bonds is 3. The molecule has 0 aliphatic heterocycles.